The van der Waals surface area contributed by atoms with Crippen molar-refractivity contribution in [1.82, 2.24) is 5.32 Å². The molecule has 0 spiro atoms. The van der Waals surface area contributed by atoms with Gasteiger partial charge >= 0.3 is 0 Å². The van der Waals surface area contributed by atoms with E-state index in [9.17, 15) is 9.18 Å². The van der Waals surface area contributed by atoms with E-state index in [1.54, 1.807) is 13.1 Å². The number of alkyl halides is 1. The number of nitrogens with one attached hydrogen (secondary N) is 2. The molecule has 1 aliphatic heterocycles. The molecule has 1 saturated heterocycles. The Morgan fingerprint density at radius 2 is 2.10 bits per heavy atom. The minimum atomic E-state index is -0.744. The van der Waals surface area contributed by atoms with Crippen LogP contribution in [-0.2, 0) is 0 Å². The Balaban J connectivity index is 2.38. The number of hydrogen-bond donors (Lipinski definition) is 3. The third kappa shape index (κ3) is 3.37. The van der Waals surface area contributed by atoms with Crippen LogP contribution in [0.5, 0.6) is 0 Å². The average molecular weight is 294 g/mol. The largest absolute Gasteiger partial charge is 0.397 e. The molecule has 0 bridgehead atoms. The number of benzene rings is 1. The molecule has 1 heterocycles. The van der Waals surface area contributed by atoms with Gasteiger partial charge in [-0.15, -0.1) is 0 Å². The number of anilines is 3. The van der Waals surface area contributed by atoms with E-state index in [0.29, 0.717) is 43.7 Å². The van der Waals surface area contributed by atoms with Crippen LogP contribution in [-0.4, -0.2) is 38.8 Å². The summed E-state index contributed by atoms with van der Waals surface area (Å²) in [6.45, 7) is 3.65. The number of piperidine rings is 1. The summed E-state index contributed by atoms with van der Waals surface area (Å²) in [7, 11) is 1.79. The molecular weight excluding hydrogens is 271 g/mol. The Morgan fingerprint density at radius 3 is 2.67 bits per heavy atom. The van der Waals surface area contributed by atoms with Crippen LogP contribution >= 0.6 is 0 Å². The smallest absolute Gasteiger partial charge is 0.253 e. The molecule has 0 atom stereocenters. The second-order valence-corrected chi connectivity index (χ2v) is 5.23. The lowest BCUT2D eigenvalue weighted by molar-refractivity contribution is 0.0956. The highest BCUT2D eigenvalue weighted by Gasteiger charge is 2.23. The average Bonchev–Trinajstić information content (AvgIpc) is 2.48. The molecule has 0 aromatic heterocycles. The molecule has 4 N–H and O–H groups in total. The molecular formula is C15H23FN4O. The summed E-state index contributed by atoms with van der Waals surface area (Å²) in [5, 5.41) is 5.82. The Morgan fingerprint density at radius 1 is 1.43 bits per heavy atom. The molecule has 1 amide bonds. The van der Waals surface area contributed by atoms with E-state index >= 15 is 0 Å². The van der Waals surface area contributed by atoms with Crippen LogP contribution in [0.1, 0.15) is 30.1 Å². The van der Waals surface area contributed by atoms with Gasteiger partial charge in [0.05, 0.1) is 22.6 Å². The second kappa shape index (κ2) is 6.65. The summed E-state index contributed by atoms with van der Waals surface area (Å²) in [5.74, 6) is -0.149. The topological polar surface area (TPSA) is 70.4 Å². The highest BCUT2D eigenvalue weighted by molar-refractivity contribution is 6.02. The predicted octanol–water partition coefficient (Wildman–Crippen LogP) is 2.00. The first-order chi connectivity index (χ1) is 10.1. The molecule has 2 rings (SSSR count). The summed E-state index contributed by atoms with van der Waals surface area (Å²) in [5.41, 5.74) is 8.63. The number of carbonyl (C=O) groups excluding carboxylic acids is 1. The maximum absolute atomic E-state index is 13.3. The van der Waals surface area contributed by atoms with Crippen LogP contribution in [0.2, 0.25) is 0 Å². The molecule has 0 saturated carbocycles. The lowest BCUT2D eigenvalue weighted by Gasteiger charge is -2.32. The van der Waals surface area contributed by atoms with Crippen LogP contribution in [0, 0.1) is 0 Å². The number of nitrogens with two attached hydrogens (primary N) is 1. The highest BCUT2D eigenvalue weighted by Crippen LogP contribution is 2.32. The summed E-state index contributed by atoms with van der Waals surface area (Å²) < 4.78 is 13.3. The first kappa shape index (κ1) is 15.4. The fourth-order valence-corrected chi connectivity index (χ4v) is 2.61. The summed E-state index contributed by atoms with van der Waals surface area (Å²) in [6.07, 6.45) is 0.245. The van der Waals surface area contributed by atoms with E-state index in [2.05, 4.69) is 15.5 Å². The maximum Gasteiger partial charge on any atom is 0.253 e. The standard InChI is InChI=1S/C15H23FN4O/c1-3-19-15(21)11-8-12(17)13(18-2)9-14(11)20-6-4-10(16)5-7-20/h8-10,18H,3-7,17H2,1-2H3,(H,19,21). The van der Waals surface area contributed by atoms with Gasteiger partial charge in [-0.1, -0.05) is 0 Å². The van der Waals surface area contributed by atoms with Crippen molar-refractivity contribution in [2.45, 2.75) is 25.9 Å². The fourth-order valence-electron chi connectivity index (χ4n) is 2.61. The molecule has 0 radical (unpaired) electrons. The third-order valence-electron chi connectivity index (χ3n) is 3.78. The fraction of sp³-hybridized carbons (Fsp3) is 0.533. The highest BCUT2D eigenvalue weighted by atomic mass is 19.1. The molecule has 0 unspecified atom stereocenters. The van der Waals surface area contributed by atoms with Crippen LogP contribution in [0.3, 0.4) is 0 Å². The summed E-state index contributed by atoms with van der Waals surface area (Å²) in [4.78, 5) is 14.3. The second-order valence-electron chi connectivity index (χ2n) is 5.23. The molecule has 0 aliphatic carbocycles. The SMILES string of the molecule is CCNC(=O)c1cc(N)c(NC)cc1N1CCC(F)CC1. The van der Waals surface area contributed by atoms with Crippen molar-refractivity contribution in [3.8, 4) is 0 Å². The van der Waals surface area contributed by atoms with Crippen LogP contribution in [0.15, 0.2) is 12.1 Å². The minimum Gasteiger partial charge on any atom is -0.397 e. The zero-order chi connectivity index (χ0) is 15.4. The monoisotopic (exact) mass is 294 g/mol. The first-order valence-electron chi connectivity index (χ1n) is 7.35. The summed E-state index contributed by atoms with van der Waals surface area (Å²) >= 11 is 0. The number of hydrogen-bond acceptors (Lipinski definition) is 4. The normalized spacial score (nSPS) is 15.9. The number of amides is 1. The van der Waals surface area contributed by atoms with Crippen molar-refractivity contribution in [2.24, 2.45) is 0 Å². The van der Waals surface area contributed by atoms with E-state index in [4.69, 9.17) is 5.73 Å². The van der Waals surface area contributed by atoms with Crippen molar-refractivity contribution in [3.05, 3.63) is 17.7 Å². The molecule has 116 valence electrons. The zero-order valence-electron chi connectivity index (χ0n) is 12.6. The quantitative estimate of drug-likeness (QED) is 0.743. The number of rotatable bonds is 4. The van der Waals surface area contributed by atoms with Gasteiger partial charge in [-0.2, -0.15) is 0 Å². The number of halogens is 1. The van der Waals surface area contributed by atoms with E-state index in [0.717, 1.165) is 11.4 Å². The zero-order valence-corrected chi connectivity index (χ0v) is 12.6. The maximum atomic E-state index is 13.3. The number of nitrogens with zero attached hydrogens (tertiary/aromatic N) is 1. The van der Waals surface area contributed by atoms with Crippen molar-refractivity contribution >= 4 is 23.0 Å². The third-order valence-corrected chi connectivity index (χ3v) is 3.78. The van der Waals surface area contributed by atoms with Gasteiger partial charge in [0, 0.05) is 26.7 Å². The summed E-state index contributed by atoms with van der Waals surface area (Å²) in [6, 6.07) is 3.56. The lowest BCUT2D eigenvalue weighted by atomic mass is 10.0. The molecule has 21 heavy (non-hydrogen) atoms. The van der Waals surface area contributed by atoms with E-state index < -0.39 is 6.17 Å². The van der Waals surface area contributed by atoms with E-state index in [1.807, 2.05) is 13.0 Å². The van der Waals surface area contributed by atoms with Crippen molar-refractivity contribution in [2.75, 3.05) is 42.6 Å². The Bertz CT molecular complexity index is 513. The van der Waals surface area contributed by atoms with Gasteiger partial charge in [-0.3, -0.25) is 4.79 Å². The van der Waals surface area contributed by atoms with E-state index in [1.165, 1.54) is 0 Å². The van der Waals surface area contributed by atoms with Gasteiger partial charge in [-0.25, -0.2) is 4.39 Å². The Kier molecular flexibility index (Phi) is 4.88. The van der Waals surface area contributed by atoms with Crippen molar-refractivity contribution < 1.29 is 9.18 Å². The number of nitrogen functional groups attached to an aromatic ring is 1. The van der Waals surface area contributed by atoms with Gasteiger partial charge < -0.3 is 21.3 Å². The molecule has 6 heteroatoms. The molecule has 5 nitrogen and oxygen atoms in total. The van der Waals surface area contributed by atoms with Gasteiger partial charge in [0.15, 0.2) is 0 Å². The first-order valence-corrected chi connectivity index (χ1v) is 7.35. The van der Waals surface area contributed by atoms with Gasteiger partial charge in [0.25, 0.3) is 5.91 Å². The van der Waals surface area contributed by atoms with Gasteiger partial charge in [-0.05, 0) is 31.9 Å². The Hall–Kier alpha value is -1.98. The molecule has 1 fully saturated rings. The molecule has 1 aliphatic rings. The van der Waals surface area contributed by atoms with Crippen molar-refractivity contribution in [3.63, 3.8) is 0 Å². The Labute approximate surface area is 124 Å². The predicted molar refractivity (Wildman–Crippen MR) is 84.8 cm³/mol. The van der Waals surface area contributed by atoms with Crippen LogP contribution in [0.4, 0.5) is 21.5 Å². The molecule has 1 aromatic carbocycles. The number of carbonyl (C=O) groups is 1. The minimum absolute atomic E-state index is 0.149. The lowest BCUT2D eigenvalue weighted by Crippen LogP contribution is -2.36. The van der Waals surface area contributed by atoms with E-state index in [-0.39, 0.29) is 5.91 Å². The van der Waals surface area contributed by atoms with Crippen LogP contribution in [0.25, 0.3) is 0 Å². The van der Waals surface area contributed by atoms with Crippen LogP contribution < -0.4 is 21.3 Å². The van der Waals surface area contributed by atoms with Gasteiger partial charge in [0.2, 0.25) is 0 Å². The van der Waals surface area contributed by atoms with Gasteiger partial charge in [0.1, 0.15) is 6.17 Å². The molecule has 1 aromatic rings. The van der Waals surface area contributed by atoms with Crippen molar-refractivity contribution in [1.29, 1.82) is 0 Å².